The summed E-state index contributed by atoms with van der Waals surface area (Å²) >= 11 is 5.93. The minimum absolute atomic E-state index is 0.0858. The lowest BCUT2D eigenvalue weighted by Crippen LogP contribution is -2.54. The largest absolute Gasteiger partial charge is 0.337 e. The van der Waals surface area contributed by atoms with Crippen molar-refractivity contribution in [3.05, 3.63) is 70.8 Å². The number of imidazole rings is 1. The number of halogens is 2. The van der Waals surface area contributed by atoms with Crippen LogP contribution < -0.4 is 5.73 Å². The number of carbonyl (C=O) groups is 1. The van der Waals surface area contributed by atoms with Crippen molar-refractivity contribution in [1.29, 1.82) is 0 Å². The monoisotopic (exact) mass is 466 g/mol. The van der Waals surface area contributed by atoms with Gasteiger partial charge in [-0.05, 0) is 61.6 Å². The van der Waals surface area contributed by atoms with Crippen LogP contribution in [0.3, 0.4) is 0 Å². The van der Waals surface area contributed by atoms with Gasteiger partial charge in [0.2, 0.25) is 5.91 Å². The molecule has 7 heteroatoms. The Morgan fingerprint density at radius 1 is 1.21 bits per heavy atom. The molecule has 2 aliphatic rings. The van der Waals surface area contributed by atoms with E-state index in [1.807, 2.05) is 22.5 Å². The van der Waals surface area contributed by atoms with Crippen LogP contribution in [0.1, 0.15) is 56.2 Å². The van der Waals surface area contributed by atoms with Crippen molar-refractivity contribution in [3.8, 4) is 0 Å². The highest BCUT2D eigenvalue weighted by molar-refractivity contribution is 6.30. The van der Waals surface area contributed by atoms with Crippen LogP contribution in [0.4, 0.5) is 4.39 Å². The molecule has 0 unspecified atom stereocenters. The van der Waals surface area contributed by atoms with Crippen molar-refractivity contribution in [2.75, 3.05) is 13.1 Å². The van der Waals surface area contributed by atoms with Crippen LogP contribution in [0.2, 0.25) is 5.02 Å². The zero-order valence-corrected chi connectivity index (χ0v) is 19.5. The highest BCUT2D eigenvalue weighted by Gasteiger charge is 2.40. The molecule has 1 amide bonds. The van der Waals surface area contributed by atoms with E-state index in [0.717, 1.165) is 48.7 Å². The number of hydrogen-bond acceptors (Lipinski definition) is 3. The van der Waals surface area contributed by atoms with E-state index in [1.165, 1.54) is 11.6 Å². The average molecular weight is 467 g/mol. The quantitative estimate of drug-likeness (QED) is 0.565. The Bertz CT molecular complexity index is 1240. The second kappa shape index (κ2) is 8.58. The summed E-state index contributed by atoms with van der Waals surface area (Å²) in [6.45, 7) is 3.21. The van der Waals surface area contributed by atoms with E-state index in [1.54, 1.807) is 18.5 Å². The van der Waals surface area contributed by atoms with E-state index >= 15 is 0 Å². The topological polar surface area (TPSA) is 64.2 Å². The van der Waals surface area contributed by atoms with Crippen molar-refractivity contribution >= 4 is 34.1 Å². The lowest BCUT2D eigenvalue weighted by molar-refractivity contribution is -0.136. The number of amides is 1. The van der Waals surface area contributed by atoms with E-state index in [-0.39, 0.29) is 17.8 Å². The first kappa shape index (κ1) is 22.1. The third kappa shape index (κ3) is 4.06. The molecule has 33 heavy (non-hydrogen) atoms. The van der Waals surface area contributed by atoms with Gasteiger partial charge in [0.15, 0.2) is 0 Å². The zero-order chi connectivity index (χ0) is 23.2. The Morgan fingerprint density at radius 3 is 2.70 bits per heavy atom. The Morgan fingerprint density at radius 2 is 2.00 bits per heavy atom. The van der Waals surface area contributed by atoms with Crippen LogP contribution in [0.25, 0.3) is 16.6 Å². The highest BCUT2D eigenvalue weighted by Crippen LogP contribution is 2.32. The molecule has 1 aliphatic heterocycles. The van der Waals surface area contributed by atoms with Crippen molar-refractivity contribution in [2.45, 2.75) is 50.6 Å². The summed E-state index contributed by atoms with van der Waals surface area (Å²) in [7, 11) is 0. The minimum atomic E-state index is -0.677. The average Bonchev–Trinajstić information content (AvgIpc) is 3.45. The van der Waals surface area contributed by atoms with E-state index in [9.17, 15) is 9.18 Å². The normalized spacial score (nSPS) is 19.0. The van der Waals surface area contributed by atoms with Gasteiger partial charge in [-0.2, -0.15) is 0 Å². The Labute approximate surface area is 198 Å². The van der Waals surface area contributed by atoms with Crippen LogP contribution in [0, 0.1) is 5.82 Å². The predicted octanol–water partition coefficient (Wildman–Crippen LogP) is 5.33. The van der Waals surface area contributed by atoms with E-state index in [2.05, 4.69) is 23.2 Å². The number of aromatic nitrogens is 2. The van der Waals surface area contributed by atoms with Crippen LogP contribution in [0.5, 0.6) is 0 Å². The Balaban J connectivity index is 1.40. The van der Waals surface area contributed by atoms with Crippen molar-refractivity contribution in [3.63, 3.8) is 0 Å². The number of hydrogen-bond donors (Lipinski definition) is 1. The summed E-state index contributed by atoms with van der Waals surface area (Å²) in [6, 6.07) is 10.7. The second-order valence-electron chi connectivity index (χ2n) is 9.29. The highest BCUT2D eigenvalue weighted by atomic mass is 35.5. The number of benzene rings is 2. The third-order valence-corrected chi connectivity index (χ3v) is 7.43. The van der Waals surface area contributed by atoms with Crippen LogP contribution in [-0.4, -0.2) is 39.0 Å². The molecule has 1 aliphatic carbocycles. The number of carbonyl (C=O) groups excluding carboxylic acids is 1. The molecule has 0 bridgehead atoms. The summed E-state index contributed by atoms with van der Waals surface area (Å²) in [4.78, 5) is 19.3. The standard InChI is InChI=1S/C26H28ClFN4O/c1-17(21-6-5-20(27)15-22(21)28)32-16-30-23-7-4-19(14-24(23)32)18-8-12-31(13-9-18)25(33)26(29)10-2-3-11-26/h4-8,14-17H,2-3,9-13,29H2,1H3/t17-/m0/s1. The minimum Gasteiger partial charge on any atom is -0.337 e. The van der Waals surface area contributed by atoms with Crippen molar-refractivity contribution < 1.29 is 9.18 Å². The first-order valence-electron chi connectivity index (χ1n) is 11.5. The van der Waals surface area contributed by atoms with Crippen LogP contribution >= 0.6 is 11.6 Å². The fraction of sp³-hybridized carbons (Fsp3) is 0.385. The maximum Gasteiger partial charge on any atom is 0.242 e. The Hall–Kier alpha value is -2.70. The SMILES string of the molecule is C[C@@H](c1ccc(Cl)cc1F)n1cnc2ccc(C3=CCN(C(=O)C4(N)CCCC4)CC3)cc21. The zero-order valence-electron chi connectivity index (χ0n) is 18.7. The molecule has 2 heterocycles. The van der Waals surface area contributed by atoms with Gasteiger partial charge in [0.25, 0.3) is 0 Å². The summed E-state index contributed by atoms with van der Waals surface area (Å²) in [6.07, 6.45) is 8.29. The van der Waals surface area contributed by atoms with Gasteiger partial charge in [0.1, 0.15) is 5.82 Å². The molecule has 0 spiro atoms. The van der Waals surface area contributed by atoms with E-state index in [4.69, 9.17) is 17.3 Å². The van der Waals surface area contributed by atoms with Gasteiger partial charge in [0, 0.05) is 23.7 Å². The summed E-state index contributed by atoms with van der Waals surface area (Å²) in [5.41, 5.74) is 10.4. The molecule has 172 valence electrons. The molecule has 1 fully saturated rings. The van der Waals surface area contributed by atoms with Gasteiger partial charge in [-0.25, -0.2) is 9.37 Å². The predicted molar refractivity (Wildman–Crippen MR) is 130 cm³/mol. The van der Waals surface area contributed by atoms with E-state index < -0.39 is 5.54 Å². The second-order valence-corrected chi connectivity index (χ2v) is 9.73. The smallest absolute Gasteiger partial charge is 0.242 e. The third-order valence-electron chi connectivity index (χ3n) is 7.19. The summed E-state index contributed by atoms with van der Waals surface area (Å²) < 4.78 is 16.5. The van der Waals surface area contributed by atoms with E-state index in [0.29, 0.717) is 23.7 Å². The lowest BCUT2D eigenvalue weighted by Gasteiger charge is -2.33. The maximum atomic E-state index is 14.5. The molecule has 2 N–H and O–H groups in total. The van der Waals surface area contributed by atoms with Gasteiger partial charge in [0.05, 0.1) is 28.9 Å². The molecule has 0 saturated heterocycles. The fourth-order valence-corrected chi connectivity index (χ4v) is 5.33. The molecular weight excluding hydrogens is 439 g/mol. The summed E-state index contributed by atoms with van der Waals surface area (Å²) in [5, 5.41) is 0.381. The van der Waals surface area contributed by atoms with Gasteiger partial charge in [-0.15, -0.1) is 0 Å². The molecule has 3 aromatic rings. The van der Waals surface area contributed by atoms with Gasteiger partial charge in [-0.3, -0.25) is 4.79 Å². The number of rotatable bonds is 4. The molecule has 1 atom stereocenters. The van der Waals surface area contributed by atoms with Gasteiger partial charge in [-0.1, -0.05) is 42.7 Å². The van der Waals surface area contributed by atoms with Crippen molar-refractivity contribution in [2.24, 2.45) is 5.73 Å². The lowest BCUT2D eigenvalue weighted by atomic mass is 9.94. The van der Waals surface area contributed by atoms with Gasteiger partial charge < -0.3 is 15.2 Å². The molecule has 1 saturated carbocycles. The number of nitrogens with zero attached hydrogens (tertiary/aromatic N) is 3. The molecule has 1 aromatic heterocycles. The van der Waals surface area contributed by atoms with Crippen LogP contribution in [0.15, 0.2) is 48.8 Å². The maximum absolute atomic E-state index is 14.5. The first-order chi connectivity index (χ1) is 15.9. The number of fused-ring (bicyclic) bond motifs is 1. The summed E-state index contributed by atoms with van der Waals surface area (Å²) in [5.74, 6) is -0.240. The molecular formula is C26H28ClFN4O. The Kier molecular flexibility index (Phi) is 5.75. The fourth-order valence-electron chi connectivity index (χ4n) is 5.17. The van der Waals surface area contributed by atoms with Crippen molar-refractivity contribution in [1.82, 2.24) is 14.5 Å². The van der Waals surface area contributed by atoms with Gasteiger partial charge >= 0.3 is 0 Å². The molecule has 5 nitrogen and oxygen atoms in total. The molecule has 2 aromatic carbocycles. The van der Waals surface area contributed by atoms with Crippen LogP contribution in [-0.2, 0) is 4.79 Å². The first-order valence-corrected chi connectivity index (χ1v) is 11.9. The molecule has 5 rings (SSSR count). The molecule has 0 radical (unpaired) electrons. The number of nitrogens with two attached hydrogens (primary N) is 1.